The maximum Gasteiger partial charge on any atom is 0.422 e. The van der Waals surface area contributed by atoms with Gasteiger partial charge in [-0.1, -0.05) is 0 Å². The molecule has 0 fully saturated rings. The molecule has 0 bridgehead atoms. The van der Waals surface area contributed by atoms with Crippen LogP contribution in [0.15, 0.2) is 0 Å². The van der Waals surface area contributed by atoms with Crippen LogP contribution in [0.1, 0.15) is 6.92 Å². The Balaban J connectivity index is 4.95. The fourth-order valence-corrected chi connectivity index (χ4v) is 0.818. The van der Waals surface area contributed by atoms with Crippen molar-refractivity contribution in [3.05, 3.63) is 0 Å². The summed E-state index contributed by atoms with van der Waals surface area (Å²) in [4.78, 5) is 0. The Hall–Kier alpha value is -0.650. The molecule has 4 nitrogen and oxygen atoms in total. The smallest absolute Gasteiger partial charge is 0.306 e. The van der Waals surface area contributed by atoms with E-state index < -0.39 is 38.1 Å². The quantitative estimate of drug-likeness (QED) is 0.510. The first-order valence-corrected chi connectivity index (χ1v) is 4.74. The first kappa shape index (κ1) is 18.4. The molecule has 0 radical (unpaired) electrons. The number of hydrogen-bond acceptors (Lipinski definition) is 4. The molecule has 0 N–H and O–H groups in total. The highest BCUT2D eigenvalue weighted by atomic mass is 19.4. The van der Waals surface area contributed by atoms with Crippen molar-refractivity contribution >= 4 is 0 Å². The first-order chi connectivity index (χ1) is 8.48. The molecule has 0 heterocycles. The number of methoxy groups -OCH3 is 1. The second-order valence-electron chi connectivity index (χ2n) is 3.01. The van der Waals surface area contributed by atoms with E-state index in [1.807, 2.05) is 0 Å². The molecule has 116 valence electrons. The van der Waals surface area contributed by atoms with Crippen LogP contribution in [-0.2, 0) is 18.9 Å². The summed E-state index contributed by atoms with van der Waals surface area (Å²) in [6.45, 7) is -1.42. The lowest BCUT2D eigenvalue weighted by atomic mass is 10.6. The van der Waals surface area contributed by atoms with Crippen LogP contribution < -0.4 is 0 Å². The number of ether oxygens (including phenoxy) is 4. The van der Waals surface area contributed by atoms with E-state index >= 15 is 0 Å². The minimum atomic E-state index is -5.11. The Morgan fingerprint density at radius 1 is 1.00 bits per heavy atom. The van der Waals surface area contributed by atoms with Crippen LogP contribution in [0.5, 0.6) is 0 Å². The Labute approximate surface area is 103 Å². The monoisotopic (exact) mass is 304 g/mol. The minimum Gasteiger partial charge on any atom is -0.306 e. The summed E-state index contributed by atoms with van der Waals surface area (Å²) in [6, 6.07) is 0. The lowest BCUT2D eigenvalue weighted by Crippen LogP contribution is -2.50. The molecule has 0 aromatic heterocycles. The van der Waals surface area contributed by atoms with Crippen molar-refractivity contribution in [3.63, 3.8) is 0 Å². The Morgan fingerprint density at radius 3 is 1.84 bits per heavy atom. The molecule has 0 aliphatic rings. The van der Waals surface area contributed by atoms with Crippen LogP contribution >= 0.6 is 0 Å². The molecule has 0 aromatic carbocycles. The van der Waals surface area contributed by atoms with Crippen LogP contribution in [0, 0.1) is 0 Å². The van der Waals surface area contributed by atoms with Crippen molar-refractivity contribution in [2.45, 2.75) is 31.8 Å². The molecule has 0 spiro atoms. The van der Waals surface area contributed by atoms with Crippen molar-refractivity contribution in [2.24, 2.45) is 0 Å². The predicted octanol–water partition coefficient (Wildman–Crippen LogP) is 2.73. The maximum absolute atomic E-state index is 12.7. The maximum atomic E-state index is 12.7. The molecule has 0 aliphatic carbocycles. The SMILES string of the molecule is CCOC(OC)(OCC(F)(F)F)OC(F)(F)C(F)F. The lowest BCUT2D eigenvalue weighted by molar-refractivity contribution is -0.554. The van der Waals surface area contributed by atoms with Crippen molar-refractivity contribution in [1.29, 1.82) is 0 Å². The third kappa shape index (κ3) is 6.36. The van der Waals surface area contributed by atoms with Gasteiger partial charge in [0.25, 0.3) is 0 Å². The summed E-state index contributed by atoms with van der Waals surface area (Å²) in [5.74, 6) is 0. The molecule has 1 atom stereocenters. The van der Waals surface area contributed by atoms with Gasteiger partial charge in [0.05, 0.1) is 6.61 Å². The largest absolute Gasteiger partial charge is 0.422 e. The molecular weight excluding hydrogens is 293 g/mol. The van der Waals surface area contributed by atoms with Gasteiger partial charge in [-0.2, -0.15) is 22.0 Å². The summed E-state index contributed by atoms with van der Waals surface area (Å²) < 4.78 is 101. The van der Waals surface area contributed by atoms with Crippen molar-refractivity contribution in [1.82, 2.24) is 0 Å². The fourth-order valence-electron chi connectivity index (χ4n) is 0.818. The third-order valence-electron chi connectivity index (χ3n) is 1.50. The van der Waals surface area contributed by atoms with Gasteiger partial charge in [0.15, 0.2) is 6.61 Å². The Kier molecular flexibility index (Phi) is 6.45. The molecule has 0 amide bonds. The van der Waals surface area contributed by atoms with Crippen molar-refractivity contribution < 1.29 is 49.7 Å². The summed E-state index contributed by atoms with van der Waals surface area (Å²) >= 11 is 0. The summed E-state index contributed by atoms with van der Waals surface area (Å²) in [5.41, 5.74) is 0. The van der Waals surface area contributed by atoms with E-state index in [4.69, 9.17) is 0 Å². The predicted molar refractivity (Wildman–Crippen MR) is 45.4 cm³/mol. The van der Waals surface area contributed by atoms with Gasteiger partial charge in [0, 0.05) is 7.11 Å². The average Bonchev–Trinajstić information content (AvgIpc) is 2.24. The fraction of sp³-hybridized carbons (Fsp3) is 1.00. The molecule has 0 saturated carbocycles. The van der Waals surface area contributed by atoms with Crippen LogP contribution in [-0.4, -0.2) is 45.2 Å². The van der Waals surface area contributed by atoms with Crippen molar-refractivity contribution in [2.75, 3.05) is 20.3 Å². The van der Waals surface area contributed by atoms with Gasteiger partial charge in [0.2, 0.25) is 0 Å². The van der Waals surface area contributed by atoms with Crippen LogP contribution in [0.4, 0.5) is 30.7 Å². The van der Waals surface area contributed by atoms with Crippen LogP contribution in [0.25, 0.3) is 0 Å². The van der Waals surface area contributed by atoms with Gasteiger partial charge in [0.1, 0.15) is 0 Å². The molecular formula is C8H11F7O4. The van der Waals surface area contributed by atoms with Crippen LogP contribution in [0.2, 0.25) is 0 Å². The van der Waals surface area contributed by atoms with Gasteiger partial charge in [-0.05, 0) is 6.92 Å². The molecule has 0 aliphatic heterocycles. The van der Waals surface area contributed by atoms with E-state index in [1.165, 1.54) is 6.92 Å². The van der Waals surface area contributed by atoms with E-state index in [-0.39, 0.29) is 0 Å². The lowest BCUT2D eigenvalue weighted by Gasteiger charge is -2.33. The zero-order valence-corrected chi connectivity index (χ0v) is 9.77. The molecule has 0 aromatic rings. The Bertz CT molecular complexity index is 270. The summed E-state index contributed by atoms with van der Waals surface area (Å²) in [6.07, 6.45) is -17.7. The molecule has 0 saturated heterocycles. The second kappa shape index (κ2) is 6.68. The molecule has 11 heteroatoms. The first-order valence-electron chi connectivity index (χ1n) is 4.74. The number of rotatable bonds is 8. The van der Waals surface area contributed by atoms with Gasteiger partial charge in [-0.3, -0.25) is 4.74 Å². The Morgan fingerprint density at radius 2 is 1.53 bits per heavy atom. The highest BCUT2D eigenvalue weighted by Gasteiger charge is 2.53. The third-order valence-corrected chi connectivity index (χ3v) is 1.50. The van der Waals surface area contributed by atoms with E-state index in [0.717, 1.165) is 0 Å². The highest BCUT2D eigenvalue weighted by molar-refractivity contribution is 4.59. The molecule has 0 rings (SSSR count). The van der Waals surface area contributed by atoms with Crippen molar-refractivity contribution in [3.8, 4) is 0 Å². The van der Waals surface area contributed by atoms with E-state index in [0.29, 0.717) is 7.11 Å². The minimum absolute atomic E-state index is 0.495. The van der Waals surface area contributed by atoms with E-state index in [9.17, 15) is 30.7 Å². The van der Waals surface area contributed by atoms with E-state index in [1.54, 1.807) is 0 Å². The van der Waals surface area contributed by atoms with Gasteiger partial charge in [-0.25, -0.2) is 13.5 Å². The zero-order valence-electron chi connectivity index (χ0n) is 9.77. The van der Waals surface area contributed by atoms with Gasteiger partial charge >= 0.3 is 24.9 Å². The summed E-state index contributed by atoms with van der Waals surface area (Å²) in [7, 11) is 0.591. The van der Waals surface area contributed by atoms with Gasteiger partial charge in [-0.15, -0.1) is 0 Å². The number of halogens is 7. The molecule has 19 heavy (non-hydrogen) atoms. The normalized spacial score (nSPS) is 16.7. The average molecular weight is 304 g/mol. The van der Waals surface area contributed by atoms with Gasteiger partial charge < -0.3 is 9.47 Å². The molecule has 1 unspecified atom stereocenters. The second-order valence-corrected chi connectivity index (χ2v) is 3.01. The van der Waals surface area contributed by atoms with Crippen LogP contribution in [0.3, 0.4) is 0 Å². The topological polar surface area (TPSA) is 36.9 Å². The number of hydrogen-bond donors (Lipinski definition) is 0. The zero-order chi connectivity index (χ0) is 15.3. The standard InChI is InChI=1S/C8H11F7O4/c1-3-17-8(16-2,18-4-6(11,12)13)19-7(14,15)5(9)10/h5H,3-4H2,1-2H3. The highest BCUT2D eigenvalue weighted by Crippen LogP contribution is 2.33. The van der Waals surface area contributed by atoms with E-state index in [2.05, 4.69) is 18.9 Å². The number of alkyl halides is 7. The summed E-state index contributed by atoms with van der Waals surface area (Å²) in [5, 5.41) is 0.